The van der Waals surface area contributed by atoms with Crippen molar-refractivity contribution >= 4 is 17.5 Å². The Morgan fingerprint density at radius 2 is 1.79 bits per heavy atom. The van der Waals surface area contributed by atoms with Crippen molar-refractivity contribution in [2.45, 2.75) is 13.1 Å². The van der Waals surface area contributed by atoms with E-state index < -0.39 is 5.76 Å². The van der Waals surface area contributed by atoms with Crippen LogP contribution in [0.1, 0.15) is 5.56 Å². The summed E-state index contributed by atoms with van der Waals surface area (Å²) in [6.07, 6.45) is 1.54. The zero-order chi connectivity index (χ0) is 16.9. The Morgan fingerprint density at radius 1 is 1.08 bits per heavy atom. The SMILES string of the molecule is O=C(Cn1cc(-c2ccccc2)oc1=O)NCc1ccc(Cl)cc1. The summed E-state index contributed by atoms with van der Waals surface area (Å²) < 4.78 is 6.44. The molecule has 1 heterocycles. The second kappa shape index (κ2) is 7.19. The molecule has 0 saturated carbocycles. The maximum absolute atomic E-state index is 12.0. The zero-order valence-electron chi connectivity index (χ0n) is 12.7. The van der Waals surface area contributed by atoms with E-state index >= 15 is 0 Å². The van der Waals surface area contributed by atoms with Gasteiger partial charge in [0.15, 0.2) is 5.76 Å². The fraction of sp³-hybridized carbons (Fsp3) is 0.111. The lowest BCUT2D eigenvalue weighted by Crippen LogP contribution is -2.30. The van der Waals surface area contributed by atoms with Gasteiger partial charge in [0, 0.05) is 17.1 Å². The van der Waals surface area contributed by atoms with Gasteiger partial charge in [-0.1, -0.05) is 54.1 Å². The minimum Gasteiger partial charge on any atom is -0.408 e. The lowest BCUT2D eigenvalue weighted by Gasteiger charge is -2.05. The summed E-state index contributed by atoms with van der Waals surface area (Å²) in [6, 6.07) is 16.4. The molecule has 6 heteroatoms. The predicted octanol–water partition coefficient (Wildman–Crippen LogP) is 3.08. The molecule has 122 valence electrons. The van der Waals surface area contributed by atoms with E-state index in [0.29, 0.717) is 17.3 Å². The molecule has 0 radical (unpaired) electrons. The zero-order valence-corrected chi connectivity index (χ0v) is 13.5. The van der Waals surface area contributed by atoms with Crippen LogP contribution in [0.25, 0.3) is 11.3 Å². The molecular formula is C18H15ClN2O3. The van der Waals surface area contributed by atoms with E-state index in [2.05, 4.69) is 5.32 Å². The molecule has 3 rings (SSSR count). The summed E-state index contributed by atoms with van der Waals surface area (Å²) in [4.78, 5) is 23.9. The van der Waals surface area contributed by atoms with Crippen LogP contribution in [0.4, 0.5) is 0 Å². The first-order chi connectivity index (χ1) is 11.6. The molecule has 0 unspecified atom stereocenters. The van der Waals surface area contributed by atoms with E-state index in [9.17, 15) is 9.59 Å². The molecule has 0 aliphatic rings. The molecule has 1 amide bonds. The number of oxazole rings is 1. The van der Waals surface area contributed by atoms with Gasteiger partial charge in [0.2, 0.25) is 5.91 Å². The third-order valence-corrected chi connectivity index (χ3v) is 3.73. The largest absolute Gasteiger partial charge is 0.419 e. The first kappa shape index (κ1) is 16.1. The number of rotatable bonds is 5. The van der Waals surface area contributed by atoms with Gasteiger partial charge in [-0.25, -0.2) is 4.79 Å². The van der Waals surface area contributed by atoms with Crippen LogP contribution in [0, 0.1) is 0 Å². The van der Waals surface area contributed by atoms with Crippen molar-refractivity contribution in [3.63, 3.8) is 0 Å². The molecule has 1 N–H and O–H groups in total. The predicted molar refractivity (Wildman–Crippen MR) is 91.7 cm³/mol. The van der Waals surface area contributed by atoms with E-state index in [1.54, 1.807) is 18.3 Å². The van der Waals surface area contributed by atoms with Crippen molar-refractivity contribution in [1.82, 2.24) is 9.88 Å². The van der Waals surface area contributed by atoms with Crippen molar-refractivity contribution in [3.8, 4) is 11.3 Å². The second-order valence-electron chi connectivity index (χ2n) is 5.26. The molecule has 0 bridgehead atoms. The van der Waals surface area contributed by atoms with Gasteiger partial charge in [-0.3, -0.25) is 9.36 Å². The molecule has 0 aliphatic carbocycles. The molecule has 2 aromatic carbocycles. The molecule has 0 fully saturated rings. The number of aromatic nitrogens is 1. The number of nitrogens with one attached hydrogen (secondary N) is 1. The van der Waals surface area contributed by atoms with Crippen molar-refractivity contribution in [2.75, 3.05) is 0 Å². The van der Waals surface area contributed by atoms with E-state index in [0.717, 1.165) is 11.1 Å². The fourth-order valence-electron chi connectivity index (χ4n) is 2.23. The molecule has 3 aromatic rings. The smallest absolute Gasteiger partial charge is 0.408 e. The summed E-state index contributed by atoms with van der Waals surface area (Å²) in [5.74, 6) is -0.394. The number of hydrogen-bond donors (Lipinski definition) is 1. The molecule has 0 atom stereocenters. The standard InChI is InChI=1S/C18H15ClN2O3/c19-15-8-6-13(7-9-15)10-20-17(22)12-21-11-16(24-18(21)23)14-4-2-1-3-5-14/h1-9,11H,10,12H2,(H,20,22). The van der Waals surface area contributed by atoms with Crippen LogP contribution in [0.15, 0.2) is 70.0 Å². The van der Waals surface area contributed by atoms with Crippen LogP contribution in [-0.2, 0) is 17.9 Å². The number of amides is 1. The topological polar surface area (TPSA) is 64.2 Å². The lowest BCUT2D eigenvalue weighted by molar-refractivity contribution is -0.121. The number of carbonyl (C=O) groups excluding carboxylic acids is 1. The Labute approximate surface area is 143 Å². The van der Waals surface area contributed by atoms with Crippen LogP contribution in [0.2, 0.25) is 5.02 Å². The van der Waals surface area contributed by atoms with Gasteiger partial charge in [0.05, 0.1) is 6.20 Å². The minimum atomic E-state index is -0.560. The van der Waals surface area contributed by atoms with Gasteiger partial charge >= 0.3 is 5.76 Å². The van der Waals surface area contributed by atoms with Crippen molar-refractivity contribution in [2.24, 2.45) is 0 Å². The molecule has 0 spiro atoms. The monoisotopic (exact) mass is 342 g/mol. The van der Waals surface area contributed by atoms with Crippen LogP contribution in [0.3, 0.4) is 0 Å². The third-order valence-electron chi connectivity index (χ3n) is 3.48. The Bertz CT molecular complexity index is 883. The first-order valence-electron chi connectivity index (χ1n) is 7.38. The minimum absolute atomic E-state index is 0.0945. The number of hydrogen-bond acceptors (Lipinski definition) is 3. The van der Waals surface area contributed by atoms with Gasteiger partial charge in [-0.15, -0.1) is 0 Å². The summed E-state index contributed by atoms with van der Waals surface area (Å²) in [6.45, 7) is 0.275. The highest BCUT2D eigenvalue weighted by atomic mass is 35.5. The van der Waals surface area contributed by atoms with Crippen molar-refractivity contribution < 1.29 is 9.21 Å². The summed E-state index contributed by atoms with van der Waals surface area (Å²) >= 11 is 5.82. The summed E-state index contributed by atoms with van der Waals surface area (Å²) in [7, 11) is 0. The fourth-order valence-corrected chi connectivity index (χ4v) is 2.36. The van der Waals surface area contributed by atoms with Crippen molar-refractivity contribution in [3.05, 3.63) is 81.9 Å². The van der Waals surface area contributed by atoms with E-state index in [-0.39, 0.29) is 12.5 Å². The number of benzene rings is 2. The van der Waals surface area contributed by atoms with Gasteiger partial charge in [0.25, 0.3) is 0 Å². The molecular weight excluding hydrogens is 328 g/mol. The summed E-state index contributed by atoms with van der Waals surface area (Å²) in [5.41, 5.74) is 1.71. The third kappa shape index (κ3) is 3.94. The Hall–Kier alpha value is -2.79. The van der Waals surface area contributed by atoms with Crippen molar-refractivity contribution in [1.29, 1.82) is 0 Å². The van der Waals surface area contributed by atoms with Gasteiger partial charge in [-0.2, -0.15) is 0 Å². The summed E-state index contributed by atoms with van der Waals surface area (Å²) in [5, 5.41) is 3.40. The molecule has 0 aliphatic heterocycles. The van der Waals surface area contributed by atoms with Crippen LogP contribution >= 0.6 is 11.6 Å². The highest BCUT2D eigenvalue weighted by molar-refractivity contribution is 6.30. The van der Waals surface area contributed by atoms with Crippen LogP contribution in [-0.4, -0.2) is 10.5 Å². The van der Waals surface area contributed by atoms with Crippen LogP contribution in [0.5, 0.6) is 0 Å². The number of halogens is 1. The maximum atomic E-state index is 12.0. The Balaban J connectivity index is 1.63. The molecule has 1 aromatic heterocycles. The average molecular weight is 343 g/mol. The van der Waals surface area contributed by atoms with Gasteiger partial charge < -0.3 is 9.73 Å². The highest BCUT2D eigenvalue weighted by Crippen LogP contribution is 2.16. The van der Waals surface area contributed by atoms with E-state index in [1.165, 1.54) is 4.57 Å². The van der Waals surface area contributed by atoms with Gasteiger partial charge in [0.1, 0.15) is 6.54 Å². The Morgan fingerprint density at radius 3 is 2.50 bits per heavy atom. The van der Waals surface area contributed by atoms with E-state index in [1.807, 2.05) is 42.5 Å². The number of carbonyl (C=O) groups is 1. The first-order valence-corrected chi connectivity index (χ1v) is 7.76. The maximum Gasteiger partial charge on any atom is 0.419 e. The van der Waals surface area contributed by atoms with Crippen LogP contribution < -0.4 is 11.1 Å². The average Bonchev–Trinajstić information content (AvgIpc) is 2.96. The molecule has 0 saturated heterocycles. The Kier molecular flexibility index (Phi) is 4.82. The molecule has 5 nitrogen and oxygen atoms in total. The van der Waals surface area contributed by atoms with Gasteiger partial charge in [-0.05, 0) is 17.7 Å². The normalized spacial score (nSPS) is 10.5. The quantitative estimate of drug-likeness (QED) is 0.775. The molecule has 24 heavy (non-hydrogen) atoms. The lowest BCUT2D eigenvalue weighted by atomic mass is 10.2. The highest BCUT2D eigenvalue weighted by Gasteiger charge is 2.11. The second-order valence-corrected chi connectivity index (χ2v) is 5.69. The van der Waals surface area contributed by atoms with E-state index in [4.69, 9.17) is 16.0 Å². The number of nitrogens with zero attached hydrogens (tertiary/aromatic N) is 1.